The first-order chi connectivity index (χ1) is 16.5. The number of esters is 1. The average molecular weight is 513 g/mol. The zero-order chi connectivity index (χ0) is 25.8. The number of aromatic nitrogens is 2. The lowest BCUT2D eigenvalue weighted by molar-refractivity contribution is -0.149. The molecule has 192 valence electrons. The zero-order valence-electron chi connectivity index (χ0n) is 19.8. The molecule has 0 radical (unpaired) electrons. The number of carbonyl (C=O) groups excluding carboxylic acids is 1. The Labute approximate surface area is 201 Å². The maximum Gasteiger partial charge on any atom is 0.459 e. The molecule has 0 aliphatic carbocycles. The second-order valence-electron chi connectivity index (χ2n) is 8.39. The van der Waals surface area contributed by atoms with Gasteiger partial charge in [-0.3, -0.25) is 23.7 Å². The van der Waals surface area contributed by atoms with E-state index < -0.39 is 62.2 Å². The standard InChI is InChI=1S/C22H29FN3O8P/c1-13(2)32-21(28)15(4)25-35(30,34-16-8-6-5-7-9-16)31-12-18-17(23)10-19(33-18)26-11-14(3)20(27)24-22(26)29/h5-9,11,13,15,17-19H,10,12H2,1-4H3,(H,25,30)(H,24,27,29)/t15-,17-,18+,19+,35-/m0/s1. The molecular weight excluding hydrogens is 484 g/mol. The maximum atomic E-state index is 14.8. The van der Waals surface area contributed by atoms with Crippen molar-refractivity contribution < 1.29 is 32.3 Å². The first-order valence-electron chi connectivity index (χ1n) is 11.1. The van der Waals surface area contributed by atoms with Gasteiger partial charge in [0.05, 0.1) is 12.7 Å². The number of carbonyl (C=O) groups is 1. The van der Waals surface area contributed by atoms with Crippen molar-refractivity contribution in [1.29, 1.82) is 0 Å². The number of H-pyrrole nitrogens is 1. The van der Waals surface area contributed by atoms with Crippen LogP contribution in [0.25, 0.3) is 0 Å². The molecule has 3 rings (SSSR count). The Kier molecular flexibility index (Phi) is 8.65. The highest BCUT2D eigenvalue weighted by atomic mass is 31.2. The average Bonchev–Trinajstić information content (AvgIpc) is 3.15. The van der Waals surface area contributed by atoms with Crippen LogP contribution >= 0.6 is 7.75 Å². The topological polar surface area (TPSA) is 138 Å². The van der Waals surface area contributed by atoms with Gasteiger partial charge in [0.15, 0.2) is 0 Å². The van der Waals surface area contributed by atoms with Crippen molar-refractivity contribution in [3.8, 4) is 5.75 Å². The normalized spacial score (nSPS) is 22.5. The maximum absolute atomic E-state index is 14.8. The van der Waals surface area contributed by atoms with Crippen molar-refractivity contribution >= 4 is 13.7 Å². The second kappa shape index (κ2) is 11.3. The van der Waals surface area contributed by atoms with Gasteiger partial charge in [-0.05, 0) is 39.8 Å². The fourth-order valence-electron chi connectivity index (χ4n) is 3.32. The number of ether oxygens (including phenoxy) is 2. The highest BCUT2D eigenvalue weighted by Crippen LogP contribution is 2.46. The molecule has 13 heteroatoms. The lowest BCUT2D eigenvalue weighted by Gasteiger charge is -2.24. The first kappa shape index (κ1) is 26.8. The number of alkyl halides is 1. The summed E-state index contributed by atoms with van der Waals surface area (Å²) >= 11 is 0. The SMILES string of the molecule is Cc1cn([C@H]2C[C@H](F)[C@@H](CO[P@@](=O)(N[C@@H](C)C(=O)OC(C)C)Oc3ccccc3)O2)c(=O)[nH]c1=O. The number of aryl methyl sites for hydroxylation is 1. The molecule has 1 aliphatic rings. The number of nitrogens with one attached hydrogen (secondary N) is 2. The summed E-state index contributed by atoms with van der Waals surface area (Å²) in [5.41, 5.74) is -1.02. The van der Waals surface area contributed by atoms with Gasteiger partial charge >= 0.3 is 19.4 Å². The molecule has 5 atom stereocenters. The summed E-state index contributed by atoms with van der Waals surface area (Å²) in [6, 6.07) is 7.06. The van der Waals surface area contributed by atoms with E-state index in [-0.39, 0.29) is 17.7 Å². The van der Waals surface area contributed by atoms with Crippen molar-refractivity contribution in [1.82, 2.24) is 14.6 Å². The predicted molar refractivity (Wildman–Crippen MR) is 124 cm³/mol. The fourth-order valence-corrected chi connectivity index (χ4v) is 4.82. The van der Waals surface area contributed by atoms with Gasteiger partial charge in [0.2, 0.25) is 0 Å². The van der Waals surface area contributed by atoms with Crippen LogP contribution in [-0.4, -0.2) is 46.5 Å². The Morgan fingerprint density at radius 3 is 2.63 bits per heavy atom. The van der Waals surface area contributed by atoms with E-state index in [1.807, 2.05) is 0 Å². The molecule has 0 spiro atoms. The van der Waals surface area contributed by atoms with Crippen molar-refractivity contribution in [2.75, 3.05) is 6.61 Å². The third kappa shape index (κ3) is 7.11. The van der Waals surface area contributed by atoms with E-state index in [4.69, 9.17) is 18.5 Å². The molecular formula is C22H29FN3O8P. The number of hydrogen-bond acceptors (Lipinski definition) is 8. The molecule has 35 heavy (non-hydrogen) atoms. The van der Waals surface area contributed by atoms with Gasteiger partial charge in [0.1, 0.15) is 30.3 Å². The minimum absolute atomic E-state index is 0.187. The Balaban J connectivity index is 1.73. The van der Waals surface area contributed by atoms with Gasteiger partial charge in [-0.25, -0.2) is 13.8 Å². The third-order valence-corrected chi connectivity index (χ3v) is 6.70. The molecule has 1 aromatic carbocycles. The van der Waals surface area contributed by atoms with Crippen LogP contribution in [0.3, 0.4) is 0 Å². The van der Waals surface area contributed by atoms with Crippen LogP contribution in [0.2, 0.25) is 0 Å². The van der Waals surface area contributed by atoms with Crippen LogP contribution in [0, 0.1) is 6.92 Å². The van der Waals surface area contributed by atoms with E-state index in [1.165, 1.54) is 20.0 Å². The Bertz CT molecular complexity index is 1190. The van der Waals surface area contributed by atoms with Crippen LogP contribution in [0.4, 0.5) is 4.39 Å². The Hall–Kier alpha value is -2.79. The lowest BCUT2D eigenvalue weighted by Crippen LogP contribution is -2.37. The molecule has 1 saturated heterocycles. The van der Waals surface area contributed by atoms with Gasteiger partial charge in [0, 0.05) is 18.2 Å². The summed E-state index contributed by atoms with van der Waals surface area (Å²) in [6.45, 7) is 5.78. The minimum Gasteiger partial charge on any atom is -0.462 e. The molecule has 1 fully saturated rings. The number of hydrogen-bond donors (Lipinski definition) is 2. The summed E-state index contributed by atoms with van der Waals surface area (Å²) in [5, 5.41) is 2.52. The molecule has 11 nitrogen and oxygen atoms in total. The van der Waals surface area contributed by atoms with E-state index >= 15 is 0 Å². The highest BCUT2D eigenvalue weighted by molar-refractivity contribution is 7.52. The largest absolute Gasteiger partial charge is 0.462 e. The number of benzene rings is 1. The Morgan fingerprint density at radius 2 is 1.97 bits per heavy atom. The van der Waals surface area contributed by atoms with Crippen molar-refractivity contribution in [3.63, 3.8) is 0 Å². The van der Waals surface area contributed by atoms with Crippen LogP contribution in [0.5, 0.6) is 5.75 Å². The van der Waals surface area contributed by atoms with E-state index in [9.17, 15) is 23.3 Å². The van der Waals surface area contributed by atoms with Crippen LogP contribution in [-0.2, 0) is 23.4 Å². The fraction of sp³-hybridized carbons (Fsp3) is 0.500. The molecule has 0 bridgehead atoms. The molecule has 2 aromatic rings. The molecule has 0 unspecified atom stereocenters. The summed E-state index contributed by atoms with van der Waals surface area (Å²) < 4.78 is 51.1. The zero-order valence-corrected chi connectivity index (χ0v) is 20.7. The summed E-state index contributed by atoms with van der Waals surface area (Å²) in [4.78, 5) is 38.1. The van der Waals surface area contributed by atoms with Crippen molar-refractivity contribution in [3.05, 3.63) is 62.9 Å². The molecule has 2 heterocycles. The van der Waals surface area contributed by atoms with Gasteiger partial charge in [0.25, 0.3) is 5.56 Å². The van der Waals surface area contributed by atoms with E-state index in [1.54, 1.807) is 44.2 Å². The predicted octanol–water partition coefficient (Wildman–Crippen LogP) is 2.60. The van der Waals surface area contributed by atoms with Crippen LogP contribution < -0.4 is 20.9 Å². The number of nitrogens with zero attached hydrogens (tertiary/aromatic N) is 1. The van der Waals surface area contributed by atoms with Gasteiger partial charge < -0.3 is 14.0 Å². The molecule has 1 aliphatic heterocycles. The molecule has 1 aromatic heterocycles. The van der Waals surface area contributed by atoms with E-state index in [2.05, 4.69) is 10.1 Å². The van der Waals surface area contributed by atoms with E-state index in [0.717, 1.165) is 4.57 Å². The summed E-state index contributed by atoms with van der Waals surface area (Å²) in [6.07, 6.45) is -3.04. The van der Waals surface area contributed by atoms with Crippen molar-refractivity contribution in [2.24, 2.45) is 0 Å². The van der Waals surface area contributed by atoms with Crippen LogP contribution in [0.1, 0.15) is 39.0 Å². The number of para-hydroxylation sites is 1. The third-order valence-electron chi connectivity index (χ3n) is 5.05. The van der Waals surface area contributed by atoms with Gasteiger partial charge in [-0.1, -0.05) is 18.2 Å². The molecule has 0 amide bonds. The van der Waals surface area contributed by atoms with Gasteiger partial charge in [-0.2, -0.15) is 5.09 Å². The highest BCUT2D eigenvalue weighted by Gasteiger charge is 2.40. The number of rotatable bonds is 10. The summed E-state index contributed by atoms with van der Waals surface area (Å²) in [7, 11) is -4.20. The lowest BCUT2D eigenvalue weighted by atomic mass is 10.2. The smallest absolute Gasteiger partial charge is 0.459 e. The quantitative estimate of drug-likeness (QED) is 0.363. The van der Waals surface area contributed by atoms with E-state index in [0.29, 0.717) is 0 Å². The molecule has 0 saturated carbocycles. The minimum atomic E-state index is -4.20. The molecule has 2 N–H and O–H groups in total. The van der Waals surface area contributed by atoms with Gasteiger partial charge in [-0.15, -0.1) is 0 Å². The number of halogens is 1. The van der Waals surface area contributed by atoms with Crippen molar-refractivity contribution in [2.45, 2.75) is 64.8 Å². The number of aromatic amines is 1. The van der Waals surface area contributed by atoms with Crippen LogP contribution in [0.15, 0.2) is 46.1 Å². The first-order valence-corrected chi connectivity index (χ1v) is 12.6. The monoisotopic (exact) mass is 513 g/mol. The second-order valence-corrected chi connectivity index (χ2v) is 10.1. The summed E-state index contributed by atoms with van der Waals surface area (Å²) in [5.74, 6) is -0.473. The Morgan fingerprint density at radius 1 is 1.29 bits per heavy atom.